The molecule has 1 unspecified atom stereocenters. The zero-order valence-corrected chi connectivity index (χ0v) is 25.3. The summed E-state index contributed by atoms with van der Waals surface area (Å²) >= 11 is 0. The van der Waals surface area contributed by atoms with Crippen LogP contribution in [0.15, 0.2) is 34.9 Å². The Morgan fingerprint density at radius 1 is 1.19 bits per heavy atom. The molecule has 0 radical (unpaired) electrons. The summed E-state index contributed by atoms with van der Waals surface area (Å²) in [5, 5.41) is 21.7. The first-order chi connectivity index (χ1) is 20.5. The number of carbonyl (C=O) groups excluding carboxylic acids is 4. The monoisotopic (exact) mass is 603 g/mol. The molecule has 3 rings (SSSR count). The topological polar surface area (TPSA) is 164 Å². The minimum atomic E-state index is -0.892. The molecule has 1 aromatic heterocycles. The van der Waals surface area contributed by atoms with Crippen molar-refractivity contribution < 1.29 is 43.3 Å². The lowest BCUT2D eigenvalue weighted by atomic mass is 9.87. The largest absolute Gasteiger partial charge is 0.466 e. The Bertz CT molecular complexity index is 1230. The number of amides is 2. The first-order valence-corrected chi connectivity index (χ1v) is 15.0. The number of nitrogens with zero attached hydrogens (tertiary/aromatic N) is 1. The van der Waals surface area contributed by atoms with Crippen LogP contribution in [0.2, 0.25) is 0 Å². The van der Waals surface area contributed by atoms with Crippen LogP contribution in [-0.2, 0) is 25.5 Å². The van der Waals surface area contributed by atoms with Crippen LogP contribution >= 0.6 is 0 Å². The van der Waals surface area contributed by atoms with Gasteiger partial charge >= 0.3 is 5.97 Å². The number of nitrogens with one attached hydrogen (secondary N) is 2. The summed E-state index contributed by atoms with van der Waals surface area (Å²) in [5.41, 5.74) is 0.716. The van der Waals surface area contributed by atoms with E-state index in [9.17, 15) is 28.7 Å². The van der Waals surface area contributed by atoms with E-state index < -0.39 is 41.9 Å². The fourth-order valence-electron chi connectivity index (χ4n) is 5.40. The minimum Gasteiger partial charge on any atom is -0.466 e. The smallest absolute Gasteiger partial charge is 0.305 e. The Kier molecular flexibility index (Phi) is 12.8. The molecule has 0 spiro atoms. The molecule has 5 atom stereocenters. The van der Waals surface area contributed by atoms with Gasteiger partial charge in [-0.3, -0.25) is 19.2 Å². The van der Waals surface area contributed by atoms with Gasteiger partial charge in [-0.2, -0.15) is 0 Å². The first kappa shape index (κ1) is 33.9. The standard InChI is InChI=1S/C31H43FN4O7/c1-5-42-27(38)11-10-24(16-21-12-13-33-29(21)39)34-30(40)22(15-20-6-8-23(32)9-7-20)17-26(37)28(18(2)3)35-31(41)25-14-19(4)43-36-25/h6-9,14,18,21-22,24,28-29,33,39H,5,10-13,15-17H2,1-4H3,(H,34,40)(H,35,41)/p+1/t21-,22+,24+,28-,29?/m0/s1. The van der Waals surface area contributed by atoms with Crippen molar-refractivity contribution in [3.8, 4) is 0 Å². The van der Waals surface area contributed by atoms with E-state index in [1.165, 1.54) is 18.2 Å². The van der Waals surface area contributed by atoms with Crippen LogP contribution in [0.4, 0.5) is 4.39 Å². The van der Waals surface area contributed by atoms with E-state index >= 15 is 0 Å². The van der Waals surface area contributed by atoms with Crippen LogP contribution in [0.1, 0.15) is 74.7 Å². The van der Waals surface area contributed by atoms with E-state index in [0.29, 0.717) is 24.2 Å². The maximum atomic E-state index is 13.8. The Hall–Kier alpha value is -3.64. The van der Waals surface area contributed by atoms with Gasteiger partial charge in [-0.1, -0.05) is 31.1 Å². The molecule has 2 heterocycles. The number of ketones is 1. The Labute approximate surface area is 251 Å². The van der Waals surface area contributed by atoms with Crippen molar-refractivity contribution in [2.45, 2.75) is 84.5 Å². The highest BCUT2D eigenvalue weighted by molar-refractivity contribution is 5.97. The molecule has 11 nitrogen and oxygen atoms in total. The number of Topliss-reactive ketones (excluding diaryl/α,β-unsaturated/α-hetero) is 1. The zero-order chi connectivity index (χ0) is 31.5. The van der Waals surface area contributed by atoms with Gasteiger partial charge in [0.25, 0.3) is 5.91 Å². The number of hydrogen-bond acceptors (Lipinski definition) is 8. The highest BCUT2D eigenvalue weighted by Crippen LogP contribution is 2.22. The van der Waals surface area contributed by atoms with Gasteiger partial charge in [0.1, 0.15) is 11.6 Å². The summed E-state index contributed by atoms with van der Waals surface area (Å²) in [7, 11) is 0. The second-order valence-electron chi connectivity index (χ2n) is 11.6. The zero-order valence-electron chi connectivity index (χ0n) is 25.3. The molecule has 1 aliphatic heterocycles. The molecule has 12 heteroatoms. The number of aromatic nitrogens is 1. The number of rotatable bonds is 16. The maximum Gasteiger partial charge on any atom is 0.305 e. The number of halogens is 1. The van der Waals surface area contributed by atoms with Gasteiger partial charge in [-0.15, -0.1) is 0 Å². The lowest BCUT2D eigenvalue weighted by Crippen LogP contribution is -2.87. The predicted molar refractivity (Wildman–Crippen MR) is 154 cm³/mol. The minimum absolute atomic E-state index is 0.0485. The highest BCUT2D eigenvalue weighted by Gasteiger charge is 2.34. The second kappa shape index (κ2) is 16.3. The van der Waals surface area contributed by atoms with E-state index in [0.717, 1.165) is 13.0 Å². The van der Waals surface area contributed by atoms with Crippen LogP contribution in [0.3, 0.4) is 0 Å². The number of aliphatic hydroxyl groups is 1. The number of aliphatic hydroxyl groups excluding tert-OH is 1. The third-order valence-electron chi connectivity index (χ3n) is 7.74. The molecule has 1 aliphatic rings. The van der Waals surface area contributed by atoms with Gasteiger partial charge in [0.2, 0.25) is 5.91 Å². The summed E-state index contributed by atoms with van der Waals surface area (Å²) in [4.78, 5) is 52.3. The van der Waals surface area contributed by atoms with E-state index in [1.54, 1.807) is 39.8 Å². The number of nitrogens with two attached hydrogens (primary N) is 1. The molecule has 236 valence electrons. The van der Waals surface area contributed by atoms with E-state index in [2.05, 4.69) is 15.8 Å². The second-order valence-corrected chi connectivity index (χ2v) is 11.6. The van der Waals surface area contributed by atoms with Crippen LogP contribution in [0.25, 0.3) is 0 Å². The van der Waals surface area contributed by atoms with E-state index in [4.69, 9.17) is 9.26 Å². The molecule has 0 aliphatic carbocycles. The molecular formula is C31H44FN4O7+. The lowest BCUT2D eigenvalue weighted by molar-refractivity contribution is -0.708. The van der Waals surface area contributed by atoms with Crippen LogP contribution < -0.4 is 16.0 Å². The van der Waals surface area contributed by atoms with Crippen LogP contribution in [0, 0.1) is 30.5 Å². The average molecular weight is 604 g/mol. The van der Waals surface area contributed by atoms with E-state index in [1.807, 2.05) is 5.32 Å². The van der Waals surface area contributed by atoms with Gasteiger partial charge in [-0.25, -0.2) is 4.39 Å². The highest BCUT2D eigenvalue weighted by atomic mass is 19.1. The SMILES string of the molecule is CCOC(=O)CC[C@H](C[C@@H]1CC[NH2+]C1O)NC(=O)[C@@H](CC(=O)[C@@H](NC(=O)c1cc(C)on1)C(C)C)Cc1ccc(F)cc1. The number of ether oxygens (including phenoxy) is 1. The van der Waals surface area contributed by atoms with Crippen LogP contribution in [0.5, 0.6) is 0 Å². The van der Waals surface area contributed by atoms with E-state index in [-0.39, 0.29) is 55.2 Å². The van der Waals surface area contributed by atoms with Gasteiger partial charge in [-0.05, 0) is 56.7 Å². The summed E-state index contributed by atoms with van der Waals surface area (Å²) < 4.78 is 23.6. The van der Waals surface area contributed by atoms with Gasteiger partial charge < -0.3 is 30.3 Å². The van der Waals surface area contributed by atoms with Crippen molar-refractivity contribution in [2.24, 2.45) is 17.8 Å². The van der Waals surface area contributed by atoms with Crippen molar-refractivity contribution >= 4 is 23.6 Å². The molecule has 1 fully saturated rings. The average Bonchev–Trinajstić information content (AvgIpc) is 3.58. The number of benzene rings is 1. The molecule has 5 N–H and O–H groups in total. The fourth-order valence-corrected chi connectivity index (χ4v) is 5.40. The van der Waals surface area contributed by atoms with Gasteiger partial charge in [0.05, 0.1) is 19.2 Å². The number of aryl methyl sites for hydroxylation is 1. The quantitative estimate of drug-likeness (QED) is 0.211. The molecule has 1 saturated heterocycles. The van der Waals surface area contributed by atoms with Crippen molar-refractivity contribution in [1.29, 1.82) is 0 Å². The number of carbonyl (C=O) groups is 4. The normalized spacial score (nSPS) is 18.6. The van der Waals surface area contributed by atoms with Crippen LogP contribution in [-0.4, -0.2) is 65.3 Å². The fraction of sp³-hybridized carbons (Fsp3) is 0.581. The molecule has 0 saturated carbocycles. The molecular weight excluding hydrogens is 559 g/mol. The summed E-state index contributed by atoms with van der Waals surface area (Å²) in [6.07, 6.45) is 1.01. The third-order valence-corrected chi connectivity index (χ3v) is 7.74. The van der Waals surface area contributed by atoms with Crippen molar-refractivity contribution in [2.75, 3.05) is 13.2 Å². The molecule has 0 bridgehead atoms. The molecule has 43 heavy (non-hydrogen) atoms. The molecule has 2 aromatic rings. The van der Waals surface area contributed by atoms with Crippen molar-refractivity contribution in [3.63, 3.8) is 0 Å². The number of esters is 1. The Morgan fingerprint density at radius 2 is 1.91 bits per heavy atom. The third kappa shape index (κ3) is 10.5. The molecule has 1 aromatic carbocycles. The summed E-state index contributed by atoms with van der Waals surface area (Å²) in [6.45, 7) is 7.97. The Balaban J connectivity index is 1.79. The number of quaternary nitrogens is 1. The van der Waals surface area contributed by atoms with Crippen molar-refractivity contribution in [3.05, 3.63) is 53.2 Å². The first-order valence-electron chi connectivity index (χ1n) is 15.0. The molecule has 2 amide bonds. The Morgan fingerprint density at radius 3 is 2.49 bits per heavy atom. The maximum absolute atomic E-state index is 13.8. The van der Waals surface area contributed by atoms with Crippen molar-refractivity contribution in [1.82, 2.24) is 15.8 Å². The lowest BCUT2D eigenvalue weighted by Gasteiger charge is -2.26. The summed E-state index contributed by atoms with van der Waals surface area (Å²) in [6, 6.07) is 5.86. The van der Waals surface area contributed by atoms with Gasteiger partial charge in [0.15, 0.2) is 17.7 Å². The number of hydrogen-bond donors (Lipinski definition) is 4. The predicted octanol–water partition coefficient (Wildman–Crippen LogP) is 1.81. The summed E-state index contributed by atoms with van der Waals surface area (Å²) in [5.74, 6) is -2.83. The van der Waals surface area contributed by atoms with Gasteiger partial charge in [0, 0.05) is 43.2 Å².